The molecule has 8 heteroatoms. The smallest absolute Gasteiger partial charge is 0.285 e. The number of aromatic nitrogens is 1. The minimum Gasteiger partial charge on any atom is -0.486 e. The summed E-state index contributed by atoms with van der Waals surface area (Å²) >= 11 is 1.22. The van der Waals surface area contributed by atoms with E-state index < -0.39 is 23.1 Å². The third-order valence-electron chi connectivity index (χ3n) is 4.03. The summed E-state index contributed by atoms with van der Waals surface area (Å²) in [7, 11) is 0. The van der Waals surface area contributed by atoms with E-state index in [1.165, 1.54) is 17.4 Å². The topological polar surface area (TPSA) is 52.8 Å². The molecular weight excluding hydrogens is 374 g/mol. The van der Waals surface area contributed by atoms with Crippen molar-refractivity contribution in [1.29, 1.82) is 0 Å². The molecule has 0 unspecified atom stereocenters. The number of fused-ring (bicyclic) bond motifs is 2. The Morgan fingerprint density at radius 2 is 1.89 bits per heavy atom. The maximum atomic E-state index is 13.9. The highest BCUT2D eigenvalue weighted by molar-refractivity contribution is 7.16. The summed E-state index contributed by atoms with van der Waals surface area (Å²) in [6.07, 6.45) is 1.65. The van der Waals surface area contributed by atoms with Gasteiger partial charge >= 0.3 is 0 Å². The Hall–Kier alpha value is -3.00. The van der Waals surface area contributed by atoms with Crippen molar-refractivity contribution in [2.75, 3.05) is 13.2 Å². The molecule has 1 amide bonds. The standard InChI is InChI=1S/C19H14F2N2O3S/c1-2-6-23-13-9-14-15(26-8-7-25-14)10-16(13)27-19(23)22-18(24)17-11(20)4-3-5-12(17)21/h2-5,9-10H,1,6-8H2. The van der Waals surface area contributed by atoms with E-state index in [4.69, 9.17) is 9.47 Å². The first-order chi connectivity index (χ1) is 13.1. The number of hydrogen-bond acceptors (Lipinski definition) is 4. The number of nitrogens with zero attached hydrogens (tertiary/aromatic N) is 2. The third kappa shape index (κ3) is 3.12. The van der Waals surface area contributed by atoms with E-state index in [0.29, 0.717) is 36.1 Å². The molecule has 0 spiro atoms. The Morgan fingerprint density at radius 3 is 2.56 bits per heavy atom. The van der Waals surface area contributed by atoms with Crippen LogP contribution in [0.4, 0.5) is 8.78 Å². The van der Waals surface area contributed by atoms with Gasteiger partial charge in [0.05, 0.1) is 10.2 Å². The highest BCUT2D eigenvalue weighted by Crippen LogP contribution is 2.35. The molecule has 138 valence electrons. The molecule has 1 aromatic heterocycles. The number of carbonyl (C=O) groups is 1. The summed E-state index contributed by atoms with van der Waals surface area (Å²) in [4.78, 5) is 16.7. The largest absolute Gasteiger partial charge is 0.486 e. The molecule has 4 rings (SSSR count). The van der Waals surface area contributed by atoms with Crippen molar-refractivity contribution in [3.63, 3.8) is 0 Å². The number of allylic oxidation sites excluding steroid dienone is 1. The lowest BCUT2D eigenvalue weighted by molar-refractivity contribution is 0.0990. The summed E-state index contributed by atoms with van der Waals surface area (Å²) in [5.41, 5.74) is 0.0933. The van der Waals surface area contributed by atoms with Gasteiger partial charge in [0.25, 0.3) is 5.91 Å². The summed E-state index contributed by atoms with van der Waals surface area (Å²) in [6, 6.07) is 6.86. The van der Waals surface area contributed by atoms with Crippen LogP contribution in [-0.4, -0.2) is 23.7 Å². The SMILES string of the molecule is C=CCn1c(=NC(=O)c2c(F)cccc2F)sc2cc3c(cc21)OCCO3. The molecule has 3 aromatic rings. The summed E-state index contributed by atoms with van der Waals surface area (Å²) in [5, 5.41) is 0. The average Bonchev–Trinajstić information content (AvgIpc) is 2.96. The molecule has 1 aliphatic rings. The third-order valence-corrected chi connectivity index (χ3v) is 5.07. The molecule has 2 heterocycles. The second-order valence-corrected chi connectivity index (χ2v) is 6.77. The van der Waals surface area contributed by atoms with Gasteiger partial charge in [0.1, 0.15) is 30.4 Å². The molecule has 0 saturated carbocycles. The average molecular weight is 388 g/mol. The Kier molecular flexibility index (Phi) is 4.49. The highest BCUT2D eigenvalue weighted by atomic mass is 32.1. The number of hydrogen-bond donors (Lipinski definition) is 0. The zero-order valence-corrected chi connectivity index (χ0v) is 14.9. The number of amides is 1. The Bertz CT molecular complexity index is 1110. The van der Waals surface area contributed by atoms with Gasteiger partial charge in [-0.2, -0.15) is 4.99 Å². The number of carbonyl (C=O) groups excluding carboxylic acids is 1. The van der Waals surface area contributed by atoms with Crippen molar-refractivity contribution < 1.29 is 23.0 Å². The second kappa shape index (κ2) is 6.96. The van der Waals surface area contributed by atoms with Crippen LogP contribution < -0.4 is 14.3 Å². The van der Waals surface area contributed by atoms with Gasteiger partial charge in [-0.05, 0) is 12.1 Å². The molecular formula is C19H14F2N2O3S. The Balaban J connectivity index is 1.90. The molecule has 0 saturated heterocycles. The fraction of sp³-hybridized carbons (Fsp3) is 0.158. The molecule has 0 atom stereocenters. The molecule has 0 radical (unpaired) electrons. The molecule has 0 aliphatic carbocycles. The quantitative estimate of drug-likeness (QED) is 0.643. The summed E-state index contributed by atoms with van der Waals surface area (Å²) in [6.45, 7) is 4.99. The van der Waals surface area contributed by atoms with E-state index in [9.17, 15) is 13.6 Å². The van der Waals surface area contributed by atoms with E-state index in [1.807, 2.05) is 0 Å². The van der Waals surface area contributed by atoms with Gasteiger partial charge < -0.3 is 14.0 Å². The lowest BCUT2D eigenvalue weighted by Gasteiger charge is -2.18. The van der Waals surface area contributed by atoms with Crippen LogP contribution in [0.5, 0.6) is 11.5 Å². The second-order valence-electron chi connectivity index (χ2n) is 5.76. The van der Waals surface area contributed by atoms with Crippen molar-refractivity contribution in [2.45, 2.75) is 6.54 Å². The van der Waals surface area contributed by atoms with Crippen molar-refractivity contribution in [3.05, 3.63) is 65.0 Å². The maximum Gasteiger partial charge on any atom is 0.285 e. The van der Waals surface area contributed by atoms with Gasteiger partial charge in [0, 0.05) is 18.7 Å². The number of rotatable bonds is 3. The minimum atomic E-state index is -0.979. The predicted molar refractivity (Wildman–Crippen MR) is 97.3 cm³/mol. The van der Waals surface area contributed by atoms with Crippen LogP contribution in [-0.2, 0) is 6.54 Å². The summed E-state index contributed by atoms with van der Waals surface area (Å²) in [5.74, 6) is -1.66. The summed E-state index contributed by atoms with van der Waals surface area (Å²) < 4.78 is 41.5. The molecule has 27 heavy (non-hydrogen) atoms. The van der Waals surface area contributed by atoms with Crippen LogP contribution in [0.15, 0.2) is 48.0 Å². The van der Waals surface area contributed by atoms with Gasteiger partial charge in [-0.1, -0.05) is 23.5 Å². The lowest BCUT2D eigenvalue weighted by atomic mass is 10.2. The normalized spacial score (nSPS) is 13.8. The van der Waals surface area contributed by atoms with Crippen LogP contribution in [0, 0.1) is 11.6 Å². The minimum absolute atomic E-state index is 0.305. The molecule has 5 nitrogen and oxygen atoms in total. The van der Waals surface area contributed by atoms with E-state index in [1.54, 1.807) is 22.8 Å². The lowest BCUT2D eigenvalue weighted by Crippen LogP contribution is -2.18. The molecule has 2 aromatic carbocycles. The zero-order valence-electron chi connectivity index (χ0n) is 14.1. The molecule has 0 bridgehead atoms. The van der Waals surface area contributed by atoms with Crippen LogP contribution in [0.3, 0.4) is 0 Å². The number of ether oxygens (including phenoxy) is 2. The van der Waals surface area contributed by atoms with E-state index in [0.717, 1.165) is 22.3 Å². The van der Waals surface area contributed by atoms with Gasteiger partial charge in [0.2, 0.25) is 0 Å². The number of halogens is 2. The fourth-order valence-electron chi connectivity index (χ4n) is 2.84. The number of thiazole rings is 1. The fourth-order valence-corrected chi connectivity index (χ4v) is 3.89. The molecule has 0 fully saturated rings. The first-order valence-corrected chi connectivity index (χ1v) is 8.97. The highest BCUT2D eigenvalue weighted by Gasteiger charge is 2.19. The van der Waals surface area contributed by atoms with Gasteiger partial charge in [0.15, 0.2) is 16.3 Å². The van der Waals surface area contributed by atoms with E-state index in [-0.39, 0.29) is 0 Å². The van der Waals surface area contributed by atoms with Crippen LogP contribution in [0.25, 0.3) is 10.2 Å². The zero-order chi connectivity index (χ0) is 19.0. The monoisotopic (exact) mass is 388 g/mol. The molecule has 0 N–H and O–H groups in total. The van der Waals surface area contributed by atoms with Gasteiger partial charge in [-0.3, -0.25) is 4.79 Å². The van der Waals surface area contributed by atoms with E-state index in [2.05, 4.69) is 11.6 Å². The Morgan fingerprint density at radius 1 is 1.22 bits per heavy atom. The predicted octanol–water partition coefficient (Wildman–Crippen LogP) is 3.68. The first kappa shape index (κ1) is 17.4. The van der Waals surface area contributed by atoms with Crippen LogP contribution >= 0.6 is 11.3 Å². The number of benzene rings is 2. The van der Waals surface area contributed by atoms with Crippen LogP contribution in [0.2, 0.25) is 0 Å². The maximum absolute atomic E-state index is 13.9. The van der Waals surface area contributed by atoms with Crippen molar-refractivity contribution in [2.24, 2.45) is 4.99 Å². The van der Waals surface area contributed by atoms with Gasteiger partial charge in [-0.15, -0.1) is 6.58 Å². The molecule has 1 aliphatic heterocycles. The van der Waals surface area contributed by atoms with Crippen molar-refractivity contribution in [3.8, 4) is 11.5 Å². The van der Waals surface area contributed by atoms with E-state index >= 15 is 0 Å². The van der Waals surface area contributed by atoms with Crippen LogP contribution in [0.1, 0.15) is 10.4 Å². The van der Waals surface area contributed by atoms with Crippen molar-refractivity contribution >= 4 is 27.5 Å². The van der Waals surface area contributed by atoms with Crippen molar-refractivity contribution in [1.82, 2.24) is 4.57 Å². The Labute approximate surface area is 156 Å². The van der Waals surface area contributed by atoms with Gasteiger partial charge in [-0.25, -0.2) is 8.78 Å². The first-order valence-electron chi connectivity index (χ1n) is 8.15.